The van der Waals surface area contributed by atoms with Gasteiger partial charge in [0, 0.05) is 5.56 Å². The molecule has 0 atom stereocenters. The monoisotopic (exact) mass is 245 g/mol. The van der Waals surface area contributed by atoms with E-state index in [9.17, 15) is 9.59 Å². The Balaban J connectivity index is 2.39. The van der Waals surface area contributed by atoms with Crippen molar-refractivity contribution in [1.82, 2.24) is 4.98 Å². The fraction of sp³-hybridized carbons (Fsp3) is 0. The SMILES string of the molecule is O=Cc1ccc(C(=O)c2ccccc2)nc1Cl. The number of ketones is 1. The maximum absolute atomic E-state index is 12.0. The molecule has 0 aliphatic carbocycles. The number of aldehydes is 1. The van der Waals surface area contributed by atoms with Crippen molar-refractivity contribution in [3.05, 3.63) is 64.4 Å². The lowest BCUT2D eigenvalue weighted by Gasteiger charge is -2.01. The van der Waals surface area contributed by atoms with E-state index in [2.05, 4.69) is 4.98 Å². The van der Waals surface area contributed by atoms with Gasteiger partial charge in [-0.25, -0.2) is 4.98 Å². The first-order valence-electron chi connectivity index (χ1n) is 4.94. The average molecular weight is 246 g/mol. The molecule has 0 fully saturated rings. The van der Waals surface area contributed by atoms with Crippen molar-refractivity contribution in [3.8, 4) is 0 Å². The van der Waals surface area contributed by atoms with Crippen LogP contribution in [0.5, 0.6) is 0 Å². The van der Waals surface area contributed by atoms with E-state index in [1.807, 2.05) is 6.07 Å². The molecule has 84 valence electrons. The molecule has 3 nitrogen and oxygen atoms in total. The van der Waals surface area contributed by atoms with Crippen LogP contribution in [-0.2, 0) is 0 Å². The summed E-state index contributed by atoms with van der Waals surface area (Å²) in [6, 6.07) is 11.7. The number of halogens is 1. The van der Waals surface area contributed by atoms with Gasteiger partial charge in [-0.2, -0.15) is 0 Å². The maximum atomic E-state index is 12.0. The first-order chi connectivity index (χ1) is 8.22. The van der Waals surface area contributed by atoms with Crippen molar-refractivity contribution in [2.45, 2.75) is 0 Å². The summed E-state index contributed by atoms with van der Waals surface area (Å²) in [5.74, 6) is -0.218. The highest BCUT2D eigenvalue weighted by Crippen LogP contribution is 2.14. The van der Waals surface area contributed by atoms with Crippen LogP contribution in [0.15, 0.2) is 42.5 Å². The molecule has 1 heterocycles. The van der Waals surface area contributed by atoms with Crippen LogP contribution >= 0.6 is 11.6 Å². The van der Waals surface area contributed by atoms with E-state index in [1.165, 1.54) is 12.1 Å². The quantitative estimate of drug-likeness (QED) is 0.475. The van der Waals surface area contributed by atoms with Crippen LogP contribution in [0.2, 0.25) is 5.15 Å². The Morgan fingerprint density at radius 3 is 2.41 bits per heavy atom. The lowest BCUT2D eigenvalue weighted by molar-refractivity contribution is 0.103. The zero-order valence-corrected chi connectivity index (χ0v) is 9.52. The van der Waals surface area contributed by atoms with Crippen molar-refractivity contribution in [2.75, 3.05) is 0 Å². The molecule has 0 aliphatic heterocycles. The van der Waals surface area contributed by atoms with E-state index < -0.39 is 0 Å². The van der Waals surface area contributed by atoms with Gasteiger partial charge in [-0.1, -0.05) is 41.9 Å². The topological polar surface area (TPSA) is 47.0 Å². The molecule has 0 saturated carbocycles. The second-order valence-corrected chi connectivity index (χ2v) is 3.75. The van der Waals surface area contributed by atoms with Gasteiger partial charge in [0.05, 0.1) is 5.56 Å². The predicted molar refractivity (Wildman–Crippen MR) is 64.5 cm³/mol. The first kappa shape index (κ1) is 11.5. The molecule has 4 heteroatoms. The predicted octanol–water partition coefficient (Wildman–Crippen LogP) is 2.78. The van der Waals surface area contributed by atoms with E-state index in [0.29, 0.717) is 11.8 Å². The summed E-state index contributed by atoms with van der Waals surface area (Å²) in [5.41, 5.74) is 1.04. The van der Waals surface area contributed by atoms with Crippen molar-refractivity contribution >= 4 is 23.7 Å². The van der Waals surface area contributed by atoms with E-state index >= 15 is 0 Å². The molecule has 0 amide bonds. The van der Waals surface area contributed by atoms with Crippen LogP contribution < -0.4 is 0 Å². The van der Waals surface area contributed by atoms with Gasteiger partial charge in [-0.15, -0.1) is 0 Å². The Morgan fingerprint density at radius 1 is 1.12 bits per heavy atom. The molecule has 2 aromatic rings. The van der Waals surface area contributed by atoms with Gasteiger partial charge < -0.3 is 0 Å². The van der Waals surface area contributed by atoms with E-state index in [0.717, 1.165) is 0 Å². The summed E-state index contributed by atoms with van der Waals surface area (Å²) in [7, 11) is 0. The number of nitrogens with zero attached hydrogens (tertiary/aromatic N) is 1. The number of pyridine rings is 1. The minimum atomic E-state index is -0.218. The molecule has 1 aromatic carbocycles. The Labute approximate surface area is 103 Å². The third-order valence-electron chi connectivity index (χ3n) is 2.27. The number of carbonyl (C=O) groups excluding carboxylic acids is 2. The zero-order valence-electron chi connectivity index (χ0n) is 8.76. The molecule has 0 bridgehead atoms. The molecule has 0 N–H and O–H groups in total. The van der Waals surface area contributed by atoms with Gasteiger partial charge >= 0.3 is 0 Å². The molecule has 0 spiro atoms. The third kappa shape index (κ3) is 2.40. The molecule has 0 unspecified atom stereocenters. The van der Waals surface area contributed by atoms with Crippen LogP contribution in [0, 0.1) is 0 Å². The third-order valence-corrected chi connectivity index (χ3v) is 2.58. The van der Waals surface area contributed by atoms with Gasteiger partial charge in [0.25, 0.3) is 0 Å². The molecular formula is C13H8ClNO2. The number of rotatable bonds is 3. The van der Waals surface area contributed by atoms with Gasteiger partial charge in [0.1, 0.15) is 10.8 Å². The summed E-state index contributed by atoms with van der Waals surface area (Å²) in [4.78, 5) is 26.5. The van der Waals surface area contributed by atoms with Crippen molar-refractivity contribution in [1.29, 1.82) is 0 Å². The normalized spacial score (nSPS) is 9.94. The van der Waals surface area contributed by atoms with Crippen LogP contribution in [0.25, 0.3) is 0 Å². The summed E-state index contributed by atoms with van der Waals surface area (Å²) in [6.07, 6.45) is 0.603. The molecule has 17 heavy (non-hydrogen) atoms. The fourth-order valence-corrected chi connectivity index (χ4v) is 1.60. The second-order valence-electron chi connectivity index (χ2n) is 3.39. The number of benzene rings is 1. The molecular weight excluding hydrogens is 238 g/mol. The highest BCUT2D eigenvalue weighted by molar-refractivity contribution is 6.32. The van der Waals surface area contributed by atoms with Crippen molar-refractivity contribution < 1.29 is 9.59 Å². The Kier molecular flexibility index (Phi) is 3.30. The van der Waals surface area contributed by atoms with E-state index in [-0.39, 0.29) is 22.2 Å². The minimum Gasteiger partial charge on any atom is -0.298 e. The zero-order chi connectivity index (χ0) is 12.3. The van der Waals surface area contributed by atoms with Crippen LogP contribution in [0.3, 0.4) is 0 Å². The highest BCUT2D eigenvalue weighted by atomic mass is 35.5. The van der Waals surface area contributed by atoms with Gasteiger partial charge in [0.15, 0.2) is 6.29 Å². The van der Waals surface area contributed by atoms with Gasteiger partial charge in [-0.05, 0) is 12.1 Å². The number of aromatic nitrogens is 1. The number of carbonyl (C=O) groups is 2. The summed E-state index contributed by atoms with van der Waals surface area (Å²) in [5, 5.41) is 0.0433. The van der Waals surface area contributed by atoms with Crippen LogP contribution in [-0.4, -0.2) is 17.1 Å². The van der Waals surface area contributed by atoms with Crippen molar-refractivity contribution in [2.24, 2.45) is 0 Å². The largest absolute Gasteiger partial charge is 0.298 e. The average Bonchev–Trinajstić information content (AvgIpc) is 2.39. The fourth-order valence-electron chi connectivity index (χ4n) is 1.40. The summed E-state index contributed by atoms with van der Waals surface area (Å²) in [6.45, 7) is 0. The standard InChI is InChI=1S/C13H8ClNO2/c14-13-10(8-16)6-7-11(15-13)12(17)9-4-2-1-3-5-9/h1-8H. The minimum absolute atomic E-state index is 0.0433. The summed E-state index contributed by atoms with van der Waals surface area (Å²) >= 11 is 5.77. The second kappa shape index (κ2) is 4.89. The summed E-state index contributed by atoms with van der Waals surface area (Å²) < 4.78 is 0. The Bertz CT molecular complexity index is 567. The highest BCUT2D eigenvalue weighted by Gasteiger charge is 2.11. The van der Waals surface area contributed by atoms with Gasteiger partial charge in [0.2, 0.25) is 5.78 Å². The van der Waals surface area contributed by atoms with Crippen LogP contribution in [0.4, 0.5) is 0 Å². The van der Waals surface area contributed by atoms with E-state index in [1.54, 1.807) is 24.3 Å². The Morgan fingerprint density at radius 2 is 1.82 bits per heavy atom. The lowest BCUT2D eigenvalue weighted by atomic mass is 10.1. The van der Waals surface area contributed by atoms with Gasteiger partial charge in [-0.3, -0.25) is 9.59 Å². The molecule has 0 aliphatic rings. The maximum Gasteiger partial charge on any atom is 0.211 e. The molecule has 1 aromatic heterocycles. The Hall–Kier alpha value is -2.00. The molecule has 0 saturated heterocycles. The van der Waals surface area contributed by atoms with Crippen LogP contribution in [0.1, 0.15) is 26.4 Å². The first-order valence-corrected chi connectivity index (χ1v) is 5.31. The molecule has 0 radical (unpaired) electrons. The van der Waals surface area contributed by atoms with Crippen molar-refractivity contribution in [3.63, 3.8) is 0 Å². The molecule has 2 rings (SSSR count). The smallest absolute Gasteiger partial charge is 0.211 e. The van der Waals surface area contributed by atoms with E-state index in [4.69, 9.17) is 11.6 Å². The number of hydrogen-bond acceptors (Lipinski definition) is 3. The lowest BCUT2D eigenvalue weighted by Crippen LogP contribution is -2.04. The number of hydrogen-bond donors (Lipinski definition) is 0.